The van der Waals surface area contributed by atoms with Crippen LogP contribution < -0.4 is 0 Å². The van der Waals surface area contributed by atoms with E-state index in [1.165, 1.54) is 0 Å². The van der Waals surface area contributed by atoms with E-state index in [1.807, 2.05) is 0 Å². The first-order valence-corrected chi connectivity index (χ1v) is 9.93. The molecule has 1 heterocycles. The van der Waals surface area contributed by atoms with E-state index >= 15 is 0 Å². The first-order chi connectivity index (χ1) is 7.07. The zero-order valence-electron chi connectivity index (χ0n) is 11.9. The van der Waals surface area contributed by atoms with Gasteiger partial charge in [0.15, 0.2) is 0 Å². The Bertz CT molecular complexity index is 252. The Morgan fingerprint density at radius 3 is 2.06 bits per heavy atom. The Balaban J connectivity index is 2.93. The number of aliphatic hydroxyl groups is 1. The molecular formula is C13H28O2Si. The highest BCUT2D eigenvalue weighted by Crippen LogP contribution is 2.55. The molecule has 1 saturated heterocycles. The molecule has 3 heteroatoms. The van der Waals surface area contributed by atoms with Crippen LogP contribution in [0.2, 0.25) is 19.6 Å². The summed E-state index contributed by atoms with van der Waals surface area (Å²) in [5.41, 5.74) is 0.134. The molecule has 1 aliphatic heterocycles. The van der Waals surface area contributed by atoms with E-state index in [4.69, 9.17) is 4.74 Å². The van der Waals surface area contributed by atoms with E-state index in [1.54, 1.807) is 0 Å². The smallest absolute Gasteiger partial charge is 0.109 e. The molecule has 3 atom stereocenters. The van der Waals surface area contributed by atoms with E-state index < -0.39 is 8.07 Å². The molecule has 1 N–H and O–H groups in total. The molecule has 0 aromatic heterocycles. The summed E-state index contributed by atoms with van der Waals surface area (Å²) in [6, 6.07) is 0. The second-order valence-electron chi connectivity index (χ2n) is 7.21. The lowest BCUT2D eigenvalue weighted by Crippen LogP contribution is -2.53. The molecule has 1 unspecified atom stereocenters. The number of rotatable bonds is 4. The third kappa shape index (κ3) is 2.22. The zero-order chi connectivity index (χ0) is 12.8. The maximum Gasteiger partial charge on any atom is 0.109 e. The van der Waals surface area contributed by atoms with Crippen LogP contribution in [0.15, 0.2) is 0 Å². The number of ether oxygens (including phenoxy) is 1. The van der Waals surface area contributed by atoms with Crippen molar-refractivity contribution in [3.8, 4) is 0 Å². The van der Waals surface area contributed by atoms with Crippen LogP contribution in [-0.2, 0) is 4.74 Å². The first-order valence-electron chi connectivity index (χ1n) is 6.43. The minimum atomic E-state index is -1.52. The van der Waals surface area contributed by atoms with Crippen molar-refractivity contribution in [3.05, 3.63) is 0 Å². The molecule has 0 bridgehead atoms. The van der Waals surface area contributed by atoms with Crippen LogP contribution in [0.5, 0.6) is 0 Å². The first kappa shape index (κ1) is 14.2. The van der Waals surface area contributed by atoms with E-state index in [2.05, 4.69) is 47.3 Å². The van der Waals surface area contributed by atoms with Crippen molar-refractivity contribution in [3.63, 3.8) is 0 Å². The summed E-state index contributed by atoms with van der Waals surface area (Å²) in [4.78, 5) is 0. The van der Waals surface area contributed by atoms with Gasteiger partial charge in [-0.25, -0.2) is 0 Å². The summed E-state index contributed by atoms with van der Waals surface area (Å²) in [6.07, 6.45) is 1.83. The fourth-order valence-electron chi connectivity index (χ4n) is 2.79. The fraction of sp³-hybridized carbons (Fsp3) is 1.00. The van der Waals surface area contributed by atoms with Crippen LogP contribution in [0.3, 0.4) is 0 Å². The molecule has 1 fully saturated rings. The summed E-state index contributed by atoms with van der Waals surface area (Å²) in [6.45, 7) is 15.6. The molecule has 0 spiro atoms. The van der Waals surface area contributed by atoms with Crippen molar-refractivity contribution in [1.29, 1.82) is 0 Å². The molecule has 0 radical (unpaired) electrons. The third-order valence-corrected chi connectivity index (χ3v) is 6.72. The topological polar surface area (TPSA) is 32.8 Å². The highest BCUT2D eigenvalue weighted by atomic mass is 28.3. The molecule has 96 valence electrons. The van der Waals surface area contributed by atoms with E-state index in [9.17, 15) is 5.11 Å². The minimum absolute atomic E-state index is 0.134. The van der Waals surface area contributed by atoms with Gasteiger partial charge in [-0.05, 0) is 11.8 Å². The highest BCUT2D eigenvalue weighted by molar-refractivity contribution is 6.80. The Hall–Kier alpha value is 0.137. The van der Waals surface area contributed by atoms with Crippen LogP contribution in [0.25, 0.3) is 0 Å². The average molecular weight is 244 g/mol. The Labute approximate surface area is 101 Å². The predicted octanol–water partition coefficient (Wildman–Crippen LogP) is 3.21. The summed E-state index contributed by atoms with van der Waals surface area (Å²) in [5.74, 6) is 0. The van der Waals surface area contributed by atoms with Gasteiger partial charge in [-0.3, -0.25) is 0 Å². The van der Waals surface area contributed by atoms with Gasteiger partial charge in [0, 0.05) is 0 Å². The summed E-state index contributed by atoms with van der Waals surface area (Å²) < 4.78 is 6.06. The standard InChI is InChI=1S/C13H28O2Si/c1-8-9-10(14)13(16(5,6)7)11(15-13)12(2,3)4/h10-11,14H,8-9H2,1-7H3/t10?,11-,13-/m1/s1. The molecule has 2 nitrogen and oxygen atoms in total. The fourth-order valence-corrected chi connectivity index (χ4v) is 5.63. The largest absolute Gasteiger partial charge is 0.390 e. The molecule has 0 aromatic rings. The summed E-state index contributed by atoms with van der Waals surface area (Å²) in [5, 5.41) is 10.2. The van der Waals surface area contributed by atoms with Crippen LogP contribution in [0.4, 0.5) is 0 Å². The van der Waals surface area contributed by atoms with Crippen molar-refractivity contribution in [2.75, 3.05) is 0 Å². The quantitative estimate of drug-likeness (QED) is 0.608. The lowest BCUT2D eigenvalue weighted by molar-refractivity contribution is 0.102. The summed E-state index contributed by atoms with van der Waals surface area (Å²) >= 11 is 0. The van der Waals surface area contributed by atoms with Crippen molar-refractivity contribution < 1.29 is 9.84 Å². The number of aliphatic hydroxyl groups excluding tert-OH is 1. The average Bonchev–Trinajstić information content (AvgIpc) is 2.76. The molecule has 0 aliphatic carbocycles. The van der Waals surface area contributed by atoms with Gasteiger partial charge in [0.25, 0.3) is 0 Å². The Morgan fingerprint density at radius 2 is 1.81 bits per heavy atom. The van der Waals surface area contributed by atoms with Crippen molar-refractivity contribution in [2.24, 2.45) is 5.41 Å². The maximum atomic E-state index is 10.4. The third-order valence-electron chi connectivity index (χ3n) is 3.66. The molecule has 16 heavy (non-hydrogen) atoms. The number of hydrogen-bond donors (Lipinski definition) is 1. The second kappa shape index (κ2) is 4.11. The van der Waals surface area contributed by atoms with E-state index in [0.29, 0.717) is 0 Å². The monoisotopic (exact) mass is 244 g/mol. The van der Waals surface area contributed by atoms with Crippen LogP contribution >= 0.6 is 0 Å². The van der Waals surface area contributed by atoms with Gasteiger partial charge in [0.05, 0.1) is 20.3 Å². The van der Waals surface area contributed by atoms with Gasteiger partial charge >= 0.3 is 0 Å². The number of hydrogen-bond acceptors (Lipinski definition) is 2. The van der Waals surface area contributed by atoms with Gasteiger partial charge in [-0.2, -0.15) is 0 Å². The van der Waals surface area contributed by atoms with Gasteiger partial charge < -0.3 is 9.84 Å². The molecule has 1 aliphatic rings. The number of epoxide rings is 1. The van der Waals surface area contributed by atoms with Crippen LogP contribution in [0, 0.1) is 5.41 Å². The Morgan fingerprint density at radius 1 is 1.31 bits per heavy atom. The molecule has 0 saturated carbocycles. The van der Waals surface area contributed by atoms with Gasteiger partial charge in [-0.15, -0.1) is 0 Å². The van der Waals surface area contributed by atoms with Gasteiger partial charge in [-0.1, -0.05) is 53.8 Å². The molecule has 0 aromatic carbocycles. The SMILES string of the molecule is CCCC(O)[C@]1([Si](C)(C)C)O[C@@H]1C(C)(C)C. The van der Waals surface area contributed by atoms with Gasteiger partial charge in [0.1, 0.15) is 5.22 Å². The van der Waals surface area contributed by atoms with Crippen molar-refractivity contribution >= 4 is 8.07 Å². The minimum Gasteiger partial charge on any atom is -0.390 e. The normalized spacial score (nSPS) is 32.6. The van der Waals surface area contributed by atoms with E-state index in [0.717, 1.165) is 12.8 Å². The van der Waals surface area contributed by atoms with Gasteiger partial charge in [0.2, 0.25) is 0 Å². The van der Waals surface area contributed by atoms with Crippen LogP contribution in [0.1, 0.15) is 40.5 Å². The van der Waals surface area contributed by atoms with E-state index in [-0.39, 0.29) is 22.8 Å². The maximum absolute atomic E-state index is 10.4. The molecular weight excluding hydrogens is 216 g/mol. The lowest BCUT2D eigenvalue weighted by atomic mass is 9.88. The summed E-state index contributed by atoms with van der Waals surface area (Å²) in [7, 11) is -1.52. The highest BCUT2D eigenvalue weighted by Gasteiger charge is 2.70. The predicted molar refractivity (Wildman–Crippen MR) is 71.3 cm³/mol. The molecule has 1 rings (SSSR count). The Kier molecular flexibility index (Phi) is 3.65. The van der Waals surface area contributed by atoms with Crippen LogP contribution in [-0.4, -0.2) is 30.6 Å². The van der Waals surface area contributed by atoms with Crippen molar-refractivity contribution in [2.45, 2.75) is 77.6 Å². The lowest BCUT2D eigenvalue weighted by Gasteiger charge is -2.33. The zero-order valence-corrected chi connectivity index (χ0v) is 12.9. The second-order valence-corrected chi connectivity index (χ2v) is 12.5. The molecule has 0 amide bonds. The van der Waals surface area contributed by atoms with Crippen molar-refractivity contribution in [1.82, 2.24) is 0 Å².